The maximum absolute atomic E-state index is 12.6. The molecule has 1 aromatic carbocycles. The minimum Gasteiger partial charge on any atom is -0.330 e. The lowest BCUT2D eigenvalue weighted by Crippen LogP contribution is -2.34. The van der Waals surface area contributed by atoms with Crippen molar-refractivity contribution in [2.45, 2.75) is 33.4 Å². The first-order chi connectivity index (χ1) is 8.19. The molecule has 0 spiro atoms. The van der Waals surface area contributed by atoms with Crippen molar-refractivity contribution in [3.05, 3.63) is 35.4 Å². The third kappa shape index (κ3) is 3.48. The molecule has 0 heterocycles. The number of hydrogen-bond acceptors (Lipinski definition) is 1. The van der Waals surface area contributed by atoms with E-state index in [1.807, 2.05) is 20.8 Å². The van der Waals surface area contributed by atoms with Crippen molar-refractivity contribution >= 4 is 0 Å². The molecular formula is C14H20F3N. The van der Waals surface area contributed by atoms with Gasteiger partial charge in [-0.1, -0.05) is 39.0 Å². The summed E-state index contributed by atoms with van der Waals surface area (Å²) < 4.78 is 37.8. The quantitative estimate of drug-likeness (QED) is 0.872. The Morgan fingerprint density at radius 1 is 1.22 bits per heavy atom. The SMILES string of the molecule is CC(C)C(C)(CN)Cc1cccc(C(F)(F)F)c1. The van der Waals surface area contributed by atoms with E-state index in [0.29, 0.717) is 24.4 Å². The van der Waals surface area contributed by atoms with Gasteiger partial charge < -0.3 is 5.73 Å². The standard InChI is InChI=1S/C14H20F3N/c1-10(2)13(3,9-18)8-11-5-4-6-12(7-11)14(15,16)17/h4-7,10H,8-9,18H2,1-3H3. The second-order valence-corrected chi connectivity index (χ2v) is 5.39. The first-order valence-electron chi connectivity index (χ1n) is 6.05. The van der Waals surface area contributed by atoms with Gasteiger partial charge in [-0.15, -0.1) is 0 Å². The predicted octanol–water partition coefficient (Wildman–Crippen LogP) is 3.87. The van der Waals surface area contributed by atoms with Crippen LogP contribution in [0.15, 0.2) is 24.3 Å². The van der Waals surface area contributed by atoms with Gasteiger partial charge in [0.25, 0.3) is 0 Å². The second-order valence-electron chi connectivity index (χ2n) is 5.39. The van der Waals surface area contributed by atoms with Crippen molar-refractivity contribution in [3.8, 4) is 0 Å². The molecule has 0 fully saturated rings. The molecule has 4 heteroatoms. The summed E-state index contributed by atoms with van der Waals surface area (Å²) >= 11 is 0. The molecule has 1 aromatic rings. The Morgan fingerprint density at radius 3 is 2.28 bits per heavy atom. The summed E-state index contributed by atoms with van der Waals surface area (Å²) in [4.78, 5) is 0. The summed E-state index contributed by atoms with van der Waals surface area (Å²) in [5.41, 5.74) is 5.67. The number of halogens is 3. The van der Waals surface area contributed by atoms with Crippen molar-refractivity contribution in [2.24, 2.45) is 17.1 Å². The summed E-state index contributed by atoms with van der Waals surface area (Å²) in [6.07, 6.45) is -3.72. The van der Waals surface area contributed by atoms with Crippen LogP contribution in [-0.4, -0.2) is 6.54 Å². The van der Waals surface area contributed by atoms with Crippen molar-refractivity contribution < 1.29 is 13.2 Å². The normalized spacial score (nSPS) is 15.8. The summed E-state index contributed by atoms with van der Waals surface area (Å²) in [5.74, 6) is 0.317. The summed E-state index contributed by atoms with van der Waals surface area (Å²) in [6.45, 7) is 6.56. The number of alkyl halides is 3. The molecule has 1 atom stereocenters. The van der Waals surface area contributed by atoms with Gasteiger partial charge >= 0.3 is 6.18 Å². The zero-order chi connectivity index (χ0) is 14.0. The lowest BCUT2D eigenvalue weighted by atomic mass is 9.74. The van der Waals surface area contributed by atoms with Crippen molar-refractivity contribution in [1.29, 1.82) is 0 Å². The molecule has 0 radical (unpaired) electrons. The number of nitrogens with two attached hydrogens (primary N) is 1. The largest absolute Gasteiger partial charge is 0.416 e. The Morgan fingerprint density at radius 2 is 1.83 bits per heavy atom. The molecular weight excluding hydrogens is 239 g/mol. The molecule has 102 valence electrons. The monoisotopic (exact) mass is 259 g/mol. The van der Waals surface area contributed by atoms with Crippen LogP contribution in [0.2, 0.25) is 0 Å². The lowest BCUT2D eigenvalue weighted by Gasteiger charge is -2.32. The maximum Gasteiger partial charge on any atom is 0.416 e. The van der Waals surface area contributed by atoms with Gasteiger partial charge in [-0.2, -0.15) is 13.2 Å². The van der Waals surface area contributed by atoms with E-state index in [1.165, 1.54) is 12.1 Å². The molecule has 18 heavy (non-hydrogen) atoms. The highest BCUT2D eigenvalue weighted by atomic mass is 19.4. The molecule has 0 saturated carbocycles. The van der Waals surface area contributed by atoms with Crippen LogP contribution in [0, 0.1) is 11.3 Å². The van der Waals surface area contributed by atoms with Gasteiger partial charge in [-0.05, 0) is 35.9 Å². The molecule has 0 aromatic heterocycles. The summed E-state index contributed by atoms with van der Waals surface area (Å²) in [7, 11) is 0. The third-order valence-electron chi connectivity index (χ3n) is 3.72. The average molecular weight is 259 g/mol. The van der Waals surface area contributed by atoms with Gasteiger partial charge in [0, 0.05) is 0 Å². The van der Waals surface area contributed by atoms with Gasteiger partial charge in [0.05, 0.1) is 5.56 Å². The minimum atomic E-state index is -4.28. The van der Waals surface area contributed by atoms with Crippen LogP contribution in [0.25, 0.3) is 0 Å². The van der Waals surface area contributed by atoms with Gasteiger partial charge in [0.2, 0.25) is 0 Å². The van der Waals surface area contributed by atoms with Crippen LogP contribution >= 0.6 is 0 Å². The molecule has 1 nitrogen and oxygen atoms in total. The van der Waals surface area contributed by atoms with Crippen LogP contribution in [-0.2, 0) is 12.6 Å². The van der Waals surface area contributed by atoms with Crippen LogP contribution in [0.4, 0.5) is 13.2 Å². The zero-order valence-electron chi connectivity index (χ0n) is 11.0. The van der Waals surface area contributed by atoms with Gasteiger partial charge in [-0.25, -0.2) is 0 Å². The Bertz CT molecular complexity index is 398. The minimum absolute atomic E-state index is 0.176. The third-order valence-corrected chi connectivity index (χ3v) is 3.72. The smallest absolute Gasteiger partial charge is 0.330 e. The molecule has 0 aliphatic carbocycles. The molecule has 0 saturated heterocycles. The Labute approximate surface area is 106 Å². The van der Waals surface area contributed by atoms with E-state index < -0.39 is 11.7 Å². The van der Waals surface area contributed by atoms with E-state index in [0.717, 1.165) is 6.07 Å². The average Bonchev–Trinajstić information content (AvgIpc) is 2.28. The number of rotatable bonds is 4. The summed E-state index contributed by atoms with van der Waals surface area (Å²) in [6, 6.07) is 5.50. The molecule has 1 rings (SSSR count). The van der Waals surface area contributed by atoms with Crippen LogP contribution < -0.4 is 5.73 Å². The lowest BCUT2D eigenvalue weighted by molar-refractivity contribution is -0.137. The number of benzene rings is 1. The van der Waals surface area contributed by atoms with Crippen LogP contribution in [0.1, 0.15) is 31.9 Å². The Kier molecular flexibility index (Phi) is 4.43. The van der Waals surface area contributed by atoms with E-state index in [1.54, 1.807) is 6.07 Å². The first kappa shape index (κ1) is 15.0. The highest BCUT2D eigenvalue weighted by molar-refractivity contribution is 5.26. The molecule has 2 N–H and O–H groups in total. The molecule has 0 amide bonds. The fraction of sp³-hybridized carbons (Fsp3) is 0.571. The Hall–Kier alpha value is -1.03. The van der Waals surface area contributed by atoms with E-state index >= 15 is 0 Å². The predicted molar refractivity (Wildman–Crippen MR) is 67.1 cm³/mol. The highest BCUT2D eigenvalue weighted by Gasteiger charge is 2.32. The fourth-order valence-electron chi connectivity index (χ4n) is 1.84. The zero-order valence-corrected chi connectivity index (χ0v) is 11.0. The van der Waals surface area contributed by atoms with Crippen molar-refractivity contribution in [2.75, 3.05) is 6.54 Å². The van der Waals surface area contributed by atoms with E-state index in [9.17, 15) is 13.2 Å². The number of hydrogen-bond donors (Lipinski definition) is 1. The molecule has 0 bridgehead atoms. The van der Waals surface area contributed by atoms with E-state index in [2.05, 4.69) is 0 Å². The van der Waals surface area contributed by atoms with E-state index in [4.69, 9.17) is 5.73 Å². The van der Waals surface area contributed by atoms with Gasteiger partial charge in [0.1, 0.15) is 0 Å². The molecule has 1 unspecified atom stereocenters. The van der Waals surface area contributed by atoms with Crippen LogP contribution in [0.3, 0.4) is 0 Å². The van der Waals surface area contributed by atoms with E-state index in [-0.39, 0.29) is 5.41 Å². The first-order valence-corrected chi connectivity index (χ1v) is 6.05. The van der Waals surface area contributed by atoms with Gasteiger partial charge in [-0.3, -0.25) is 0 Å². The van der Waals surface area contributed by atoms with Crippen molar-refractivity contribution in [3.63, 3.8) is 0 Å². The fourth-order valence-corrected chi connectivity index (χ4v) is 1.84. The molecule has 0 aliphatic heterocycles. The van der Waals surface area contributed by atoms with Crippen molar-refractivity contribution in [1.82, 2.24) is 0 Å². The summed E-state index contributed by atoms with van der Waals surface area (Å²) in [5, 5.41) is 0. The van der Waals surface area contributed by atoms with Gasteiger partial charge in [0.15, 0.2) is 0 Å². The molecule has 0 aliphatic rings. The topological polar surface area (TPSA) is 26.0 Å². The Balaban J connectivity index is 2.98. The van der Waals surface area contributed by atoms with Crippen LogP contribution in [0.5, 0.6) is 0 Å². The maximum atomic E-state index is 12.6. The highest BCUT2D eigenvalue weighted by Crippen LogP contribution is 2.33. The second kappa shape index (κ2) is 5.31.